The maximum Gasteiger partial charge on any atom is 0.253 e. The summed E-state index contributed by atoms with van der Waals surface area (Å²) in [6.07, 6.45) is 2.27. The number of anilines is 1. The molecule has 36 heavy (non-hydrogen) atoms. The predicted octanol–water partition coefficient (Wildman–Crippen LogP) is 4.95. The molecule has 0 bridgehead atoms. The number of pyridine rings is 2. The van der Waals surface area contributed by atoms with Gasteiger partial charge in [-0.2, -0.15) is 0 Å². The van der Waals surface area contributed by atoms with Gasteiger partial charge in [-0.05, 0) is 61.9 Å². The Labute approximate surface area is 212 Å². The van der Waals surface area contributed by atoms with Crippen LogP contribution in [0.15, 0.2) is 64.6 Å². The van der Waals surface area contributed by atoms with Crippen LogP contribution in [0.1, 0.15) is 62.9 Å². The van der Waals surface area contributed by atoms with E-state index in [9.17, 15) is 13.2 Å². The molecule has 9 heteroatoms. The first-order chi connectivity index (χ1) is 16.9. The second-order valence-corrected chi connectivity index (χ2v) is 12.1. The third-order valence-corrected chi connectivity index (χ3v) is 8.20. The first-order valence-electron chi connectivity index (χ1n) is 12.0. The van der Waals surface area contributed by atoms with E-state index >= 15 is 0 Å². The fourth-order valence-corrected chi connectivity index (χ4v) is 6.20. The minimum Gasteiger partial charge on any atom is -0.439 e. The Kier molecular flexibility index (Phi) is 6.79. The molecule has 0 saturated carbocycles. The van der Waals surface area contributed by atoms with Gasteiger partial charge in [-0.25, -0.2) is 18.4 Å². The molecule has 8 nitrogen and oxygen atoms in total. The molecule has 0 aliphatic carbocycles. The SMILES string of the molecule is CC1CN(c2nccc(S(=O)(=O)c3cccc(Oc4ccc(C(C)C)cc4)n3)c2C(N)=O)C(C)(C)C1. The van der Waals surface area contributed by atoms with Gasteiger partial charge < -0.3 is 15.4 Å². The zero-order valence-corrected chi connectivity index (χ0v) is 22.0. The zero-order valence-electron chi connectivity index (χ0n) is 21.2. The Morgan fingerprint density at radius 2 is 1.83 bits per heavy atom. The number of aromatic nitrogens is 2. The molecule has 3 aromatic rings. The van der Waals surface area contributed by atoms with Gasteiger partial charge in [0.25, 0.3) is 5.91 Å². The van der Waals surface area contributed by atoms with Gasteiger partial charge in [-0.3, -0.25) is 4.79 Å². The van der Waals surface area contributed by atoms with Crippen LogP contribution in [0, 0.1) is 5.92 Å². The summed E-state index contributed by atoms with van der Waals surface area (Å²) in [6.45, 7) is 11.0. The Hall–Kier alpha value is -3.46. The molecule has 1 aromatic carbocycles. The van der Waals surface area contributed by atoms with E-state index in [1.54, 1.807) is 12.1 Å². The van der Waals surface area contributed by atoms with Crippen LogP contribution in [0.5, 0.6) is 11.6 Å². The lowest BCUT2D eigenvalue weighted by molar-refractivity contribution is 0.0997. The fourth-order valence-electron chi connectivity index (χ4n) is 4.81. The average Bonchev–Trinajstić information content (AvgIpc) is 3.10. The van der Waals surface area contributed by atoms with Crippen molar-refractivity contribution in [3.63, 3.8) is 0 Å². The zero-order chi connectivity index (χ0) is 26.3. The normalized spacial score (nSPS) is 17.4. The lowest BCUT2D eigenvalue weighted by Crippen LogP contribution is -2.40. The van der Waals surface area contributed by atoms with Crippen molar-refractivity contribution in [1.82, 2.24) is 9.97 Å². The van der Waals surface area contributed by atoms with Gasteiger partial charge in [0, 0.05) is 24.3 Å². The van der Waals surface area contributed by atoms with Crippen molar-refractivity contribution in [2.45, 2.75) is 62.4 Å². The van der Waals surface area contributed by atoms with Gasteiger partial charge in [-0.1, -0.05) is 39.0 Å². The first-order valence-corrected chi connectivity index (χ1v) is 13.4. The number of rotatable bonds is 7. The van der Waals surface area contributed by atoms with Crippen molar-refractivity contribution in [2.75, 3.05) is 11.4 Å². The smallest absolute Gasteiger partial charge is 0.253 e. The third kappa shape index (κ3) is 4.93. The molecule has 0 radical (unpaired) electrons. The van der Waals surface area contributed by atoms with Crippen molar-refractivity contribution in [3.8, 4) is 11.6 Å². The number of carbonyl (C=O) groups is 1. The van der Waals surface area contributed by atoms with Crippen LogP contribution in [0.2, 0.25) is 0 Å². The molecular formula is C27H32N4O4S. The summed E-state index contributed by atoms with van der Waals surface area (Å²) in [7, 11) is -4.21. The molecule has 1 amide bonds. The van der Waals surface area contributed by atoms with E-state index in [1.165, 1.54) is 18.3 Å². The van der Waals surface area contributed by atoms with Crippen molar-refractivity contribution < 1.29 is 17.9 Å². The number of primary amides is 1. The van der Waals surface area contributed by atoms with E-state index in [0.717, 1.165) is 12.0 Å². The molecular weight excluding hydrogens is 476 g/mol. The van der Waals surface area contributed by atoms with Crippen LogP contribution in [0.3, 0.4) is 0 Å². The van der Waals surface area contributed by atoms with Gasteiger partial charge in [-0.15, -0.1) is 0 Å². The van der Waals surface area contributed by atoms with Crippen LogP contribution in [-0.2, 0) is 9.84 Å². The van der Waals surface area contributed by atoms with Crippen molar-refractivity contribution in [3.05, 3.63) is 65.9 Å². The lowest BCUT2D eigenvalue weighted by atomic mass is 9.97. The summed E-state index contributed by atoms with van der Waals surface area (Å²) < 4.78 is 33.2. The van der Waals surface area contributed by atoms with E-state index < -0.39 is 15.7 Å². The minimum atomic E-state index is -4.21. The molecule has 1 aliphatic rings. The molecule has 190 valence electrons. The van der Waals surface area contributed by atoms with Crippen LogP contribution in [0.25, 0.3) is 0 Å². The summed E-state index contributed by atoms with van der Waals surface area (Å²) in [5, 5.41) is -0.243. The monoisotopic (exact) mass is 508 g/mol. The topological polar surface area (TPSA) is 115 Å². The number of hydrogen-bond donors (Lipinski definition) is 1. The summed E-state index contributed by atoms with van der Waals surface area (Å²) in [5.74, 6) is 0.812. The highest BCUT2D eigenvalue weighted by Gasteiger charge is 2.40. The lowest BCUT2D eigenvalue weighted by Gasteiger charge is -2.33. The second kappa shape index (κ2) is 9.54. The van der Waals surface area contributed by atoms with Crippen molar-refractivity contribution in [2.24, 2.45) is 11.7 Å². The highest BCUT2D eigenvalue weighted by molar-refractivity contribution is 7.91. The Morgan fingerprint density at radius 1 is 1.14 bits per heavy atom. The summed E-state index contributed by atoms with van der Waals surface area (Å²) in [6, 6.07) is 13.3. The molecule has 4 rings (SSSR count). The van der Waals surface area contributed by atoms with Crippen molar-refractivity contribution in [1.29, 1.82) is 0 Å². The quantitative estimate of drug-likeness (QED) is 0.480. The Morgan fingerprint density at radius 3 is 2.42 bits per heavy atom. The molecule has 2 aromatic heterocycles. The van der Waals surface area contributed by atoms with E-state index in [1.807, 2.05) is 43.0 Å². The molecule has 2 N–H and O–H groups in total. The van der Waals surface area contributed by atoms with Crippen LogP contribution < -0.4 is 15.4 Å². The van der Waals surface area contributed by atoms with Gasteiger partial charge in [0.05, 0.1) is 4.90 Å². The fraction of sp³-hybridized carbons (Fsp3) is 0.370. The molecule has 1 fully saturated rings. The number of sulfone groups is 1. The number of benzene rings is 1. The summed E-state index contributed by atoms with van der Waals surface area (Å²) in [4.78, 5) is 23.0. The maximum absolute atomic E-state index is 13.7. The third-order valence-electron chi connectivity index (χ3n) is 6.50. The standard InChI is InChI=1S/C27H32N4O4S/c1-17(2)19-9-11-20(12-10-19)35-22-7-6-8-23(30-22)36(33,34)21-13-14-29-26(24(21)25(28)32)31-16-18(3)15-27(31,4)5/h6-14,17-18H,15-16H2,1-5H3,(H2,28,32). The number of nitrogens with zero attached hydrogens (tertiary/aromatic N) is 3. The van der Waals surface area contributed by atoms with E-state index in [-0.39, 0.29) is 32.7 Å². The molecule has 1 unspecified atom stereocenters. The number of nitrogens with two attached hydrogens (primary N) is 1. The number of hydrogen-bond acceptors (Lipinski definition) is 7. The van der Waals surface area contributed by atoms with E-state index in [0.29, 0.717) is 24.1 Å². The number of amides is 1. The molecule has 0 spiro atoms. The van der Waals surface area contributed by atoms with Crippen LogP contribution in [-0.4, -0.2) is 36.4 Å². The Bertz CT molecular complexity index is 1390. The first kappa shape index (κ1) is 25.6. The molecule has 1 aliphatic heterocycles. The average molecular weight is 509 g/mol. The number of carbonyl (C=O) groups excluding carboxylic acids is 1. The molecule has 3 heterocycles. The summed E-state index contributed by atoms with van der Waals surface area (Å²) in [5.41, 5.74) is 6.46. The van der Waals surface area contributed by atoms with Crippen LogP contribution in [0.4, 0.5) is 5.82 Å². The second-order valence-electron chi connectivity index (χ2n) is 10.2. The van der Waals surface area contributed by atoms with E-state index in [2.05, 4.69) is 30.7 Å². The van der Waals surface area contributed by atoms with Gasteiger partial charge in [0.2, 0.25) is 15.7 Å². The Balaban J connectivity index is 1.73. The maximum atomic E-state index is 13.7. The largest absolute Gasteiger partial charge is 0.439 e. The number of ether oxygens (including phenoxy) is 1. The highest BCUT2D eigenvalue weighted by atomic mass is 32.2. The van der Waals surface area contributed by atoms with E-state index in [4.69, 9.17) is 10.5 Å². The van der Waals surface area contributed by atoms with Gasteiger partial charge in [0.1, 0.15) is 17.1 Å². The molecule has 1 saturated heterocycles. The minimum absolute atomic E-state index is 0.123. The highest BCUT2D eigenvalue weighted by Crippen LogP contribution is 2.39. The molecule has 1 atom stereocenters. The summed E-state index contributed by atoms with van der Waals surface area (Å²) >= 11 is 0. The van der Waals surface area contributed by atoms with Gasteiger partial charge >= 0.3 is 0 Å². The van der Waals surface area contributed by atoms with Crippen molar-refractivity contribution >= 4 is 21.6 Å². The predicted molar refractivity (Wildman–Crippen MR) is 138 cm³/mol. The van der Waals surface area contributed by atoms with Crippen LogP contribution >= 0.6 is 0 Å². The van der Waals surface area contributed by atoms with Gasteiger partial charge in [0.15, 0.2) is 5.03 Å².